The maximum absolute atomic E-state index is 13.5. The van der Waals surface area contributed by atoms with Crippen molar-refractivity contribution in [2.24, 2.45) is 5.10 Å². The van der Waals surface area contributed by atoms with E-state index < -0.39 is 0 Å². The third-order valence-corrected chi connectivity index (χ3v) is 6.73. The molecule has 0 N–H and O–H groups in total. The predicted octanol–water partition coefficient (Wildman–Crippen LogP) is 6.89. The predicted molar refractivity (Wildman–Crippen MR) is 142 cm³/mol. The Morgan fingerprint density at radius 3 is 2.28 bits per heavy atom. The molecule has 7 heteroatoms. The molecular formula is C29H21BrN4O2. The molecule has 1 aliphatic heterocycles. The lowest BCUT2D eigenvalue weighted by molar-refractivity contribution is 0.0679. The minimum Gasteiger partial charge on any atom is -0.459 e. The Hall–Kier alpha value is -4.23. The summed E-state index contributed by atoms with van der Waals surface area (Å²) in [4.78, 5) is 13.5. The maximum atomic E-state index is 13.5. The molecule has 1 aliphatic rings. The minimum absolute atomic E-state index is 0.248. The summed E-state index contributed by atoms with van der Waals surface area (Å²) in [5.74, 6) is -0.0406. The second kappa shape index (κ2) is 9.43. The zero-order chi connectivity index (χ0) is 24.5. The van der Waals surface area contributed by atoms with Gasteiger partial charge in [0, 0.05) is 28.2 Å². The first-order valence-electron chi connectivity index (χ1n) is 11.6. The number of aromatic nitrogens is 2. The molecule has 0 bridgehead atoms. The highest BCUT2D eigenvalue weighted by Gasteiger charge is 2.37. The van der Waals surface area contributed by atoms with Gasteiger partial charge in [0.2, 0.25) is 0 Å². The van der Waals surface area contributed by atoms with E-state index in [1.54, 1.807) is 12.1 Å². The Kier molecular flexibility index (Phi) is 5.83. The van der Waals surface area contributed by atoms with Crippen LogP contribution in [-0.4, -0.2) is 26.4 Å². The van der Waals surface area contributed by atoms with Crippen LogP contribution in [0.2, 0.25) is 0 Å². The van der Waals surface area contributed by atoms with Crippen molar-refractivity contribution >= 4 is 27.5 Å². The molecule has 0 aliphatic carbocycles. The van der Waals surface area contributed by atoms with Crippen LogP contribution in [0.1, 0.15) is 34.1 Å². The largest absolute Gasteiger partial charge is 0.459 e. The van der Waals surface area contributed by atoms with Gasteiger partial charge in [-0.1, -0.05) is 76.6 Å². The number of hydrazone groups is 1. The Morgan fingerprint density at radius 1 is 0.861 bits per heavy atom. The molecule has 0 saturated heterocycles. The summed E-state index contributed by atoms with van der Waals surface area (Å²) < 4.78 is 8.30. The van der Waals surface area contributed by atoms with Gasteiger partial charge in [-0.3, -0.25) is 4.79 Å². The summed E-state index contributed by atoms with van der Waals surface area (Å²) in [7, 11) is 0. The summed E-state index contributed by atoms with van der Waals surface area (Å²) in [6, 6.07) is 31.0. The highest BCUT2D eigenvalue weighted by Crippen LogP contribution is 2.39. The lowest BCUT2D eigenvalue weighted by atomic mass is 9.96. The van der Waals surface area contributed by atoms with Crippen LogP contribution in [0.5, 0.6) is 0 Å². The van der Waals surface area contributed by atoms with E-state index in [0.29, 0.717) is 6.42 Å². The molecule has 6 rings (SSSR count). The second-order valence-corrected chi connectivity index (χ2v) is 9.40. The number of carbonyl (C=O) groups is 1. The first kappa shape index (κ1) is 22.2. The standard InChI is InChI=1S/C29H21BrN4O2/c30-22-15-13-20(14-16-22)25-18-26(34(31-25)29(35)27-12-7-17-36-27)24-19-33(23-10-5-2-6-11-23)32-28(24)21-8-3-1-4-9-21/h1-17,19,26H,18H2. The molecule has 1 amide bonds. The quantitative estimate of drug-likeness (QED) is 0.245. The van der Waals surface area contributed by atoms with Crippen molar-refractivity contribution in [1.29, 1.82) is 0 Å². The van der Waals surface area contributed by atoms with E-state index in [1.807, 2.05) is 95.8 Å². The first-order chi connectivity index (χ1) is 17.7. The molecule has 5 aromatic rings. The molecule has 3 heterocycles. The third kappa shape index (κ3) is 4.18. The van der Waals surface area contributed by atoms with Crippen molar-refractivity contribution in [2.75, 3.05) is 0 Å². The average Bonchev–Trinajstić information content (AvgIpc) is 3.70. The van der Waals surface area contributed by atoms with Gasteiger partial charge in [0.1, 0.15) is 0 Å². The number of nitrogens with zero attached hydrogens (tertiary/aromatic N) is 4. The zero-order valence-electron chi connectivity index (χ0n) is 19.2. The van der Waals surface area contributed by atoms with Gasteiger partial charge in [0.15, 0.2) is 5.76 Å². The van der Waals surface area contributed by atoms with Crippen molar-refractivity contribution in [3.8, 4) is 16.9 Å². The van der Waals surface area contributed by atoms with E-state index >= 15 is 0 Å². The summed E-state index contributed by atoms with van der Waals surface area (Å²) in [6.45, 7) is 0. The van der Waals surface area contributed by atoms with Crippen molar-refractivity contribution in [1.82, 2.24) is 14.8 Å². The molecule has 36 heavy (non-hydrogen) atoms. The number of halogens is 1. The molecule has 6 nitrogen and oxygen atoms in total. The highest BCUT2D eigenvalue weighted by atomic mass is 79.9. The van der Waals surface area contributed by atoms with E-state index in [0.717, 1.165) is 38.3 Å². The van der Waals surface area contributed by atoms with Gasteiger partial charge in [-0.05, 0) is 42.0 Å². The summed E-state index contributed by atoms with van der Waals surface area (Å²) in [6.07, 6.45) is 4.06. The van der Waals surface area contributed by atoms with Gasteiger partial charge >= 0.3 is 5.91 Å². The lowest BCUT2D eigenvalue weighted by Crippen LogP contribution is -2.27. The number of benzene rings is 3. The molecule has 1 unspecified atom stereocenters. The first-order valence-corrected chi connectivity index (χ1v) is 12.4. The number of hydrogen-bond acceptors (Lipinski definition) is 4. The van der Waals surface area contributed by atoms with Gasteiger partial charge in [-0.25, -0.2) is 9.69 Å². The summed E-state index contributed by atoms with van der Waals surface area (Å²) >= 11 is 3.50. The van der Waals surface area contributed by atoms with Crippen molar-refractivity contribution < 1.29 is 9.21 Å². The number of amides is 1. The van der Waals surface area contributed by atoms with Gasteiger partial charge in [-0.2, -0.15) is 10.2 Å². The second-order valence-electron chi connectivity index (χ2n) is 8.48. The Labute approximate surface area is 216 Å². The third-order valence-electron chi connectivity index (χ3n) is 6.20. The van der Waals surface area contributed by atoms with E-state index in [1.165, 1.54) is 11.3 Å². The van der Waals surface area contributed by atoms with Crippen molar-refractivity contribution in [3.63, 3.8) is 0 Å². The zero-order valence-corrected chi connectivity index (χ0v) is 20.7. The highest BCUT2D eigenvalue weighted by molar-refractivity contribution is 9.10. The normalized spacial score (nSPS) is 15.2. The maximum Gasteiger partial charge on any atom is 0.310 e. The fraction of sp³-hybridized carbons (Fsp3) is 0.0690. The average molecular weight is 537 g/mol. The van der Waals surface area contributed by atoms with Crippen LogP contribution in [0.4, 0.5) is 0 Å². The van der Waals surface area contributed by atoms with Gasteiger partial charge < -0.3 is 4.42 Å². The molecule has 2 aromatic heterocycles. The number of rotatable bonds is 5. The van der Waals surface area contributed by atoms with E-state index in [2.05, 4.69) is 15.9 Å². The smallest absolute Gasteiger partial charge is 0.310 e. The molecule has 0 radical (unpaired) electrons. The van der Waals surface area contributed by atoms with Crippen LogP contribution in [0.3, 0.4) is 0 Å². The van der Waals surface area contributed by atoms with E-state index in [4.69, 9.17) is 14.6 Å². The van der Waals surface area contributed by atoms with Crippen LogP contribution in [-0.2, 0) is 0 Å². The van der Waals surface area contributed by atoms with Gasteiger partial charge in [-0.15, -0.1) is 0 Å². The Bertz CT molecular complexity index is 1530. The summed E-state index contributed by atoms with van der Waals surface area (Å²) in [5, 5.41) is 11.3. The Morgan fingerprint density at radius 2 is 1.58 bits per heavy atom. The van der Waals surface area contributed by atoms with Crippen molar-refractivity contribution in [3.05, 3.63) is 131 Å². The number of furan rings is 1. The minimum atomic E-state index is -0.353. The van der Waals surface area contributed by atoms with E-state index in [9.17, 15) is 4.79 Å². The van der Waals surface area contributed by atoms with E-state index in [-0.39, 0.29) is 17.7 Å². The Balaban J connectivity index is 1.48. The molecular weight excluding hydrogens is 516 g/mol. The topological polar surface area (TPSA) is 63.6 Å². The number of hydrogen-bond donors (Lipinski definition) is 0. The fourth-order valence-corrected chi connectivity index (χ4v) is 4.70. The molecule has 0 spiro atoms. The van der Waals surface area contributed by atoms with Gasteiger partial charge in [0.25, 0.3) is 0 Å². The SMILES string of the molecule is O=C(c1ccco1)N1N=C(c2ccc(Br)cc2)CC1c1cn(-c2ccccc2)nc1-c1ccccc1. The fourth-order valence-electron chi connectivity index (χ4n) is 4.43. The molecule has 0 fully saturated rings. The van der Waals surface area contributed by atoms with Crippen LogP contribution >= 0.6 is 15.9 Å². The lowest BCUT2D eigenvalue weighted by Gasteiger charge is -2.20. The van der Waals surface area contributed by atoms with Crippen LogP contribution in [0.15, 0.2) is 124 Å². The van der Waals surface area contributed by atoms with Crippen LogP contribution in [0, 0.1) is 0 Å². The van der Waals surface area contributed by atoms with Gasteiger partial charge in [0.05, 0.1) is 29.4 Å². The molecule has 0 saturated carbocycles. The molecule has 176 valence electrons. The molecule has 1 atom stereocenters. The summed E-state index contributed by atoms with van der Waals surface area (Å²) in [5.41, 5.74) is 5.45. The van der Waals surface area contributed by atoms with Crippen LogP contribution in [0.25, 0.3) is 16.9 Å². The monoisotopic (exact) mass is 536 g/mol. The number of para-hydroxylation sites is 1. The van der Waals surface area contributed by atoms with Crippen LogP contribution < -0.4 is 0 Å². The number of carbonyl (C=O) groups excluding carboxylic acids is 1. The molecule has 3 aromatic carbocycles. The van der Waals surface area contributed by atoms with Crippen molar-refractivity contribution in [2.45, 2.75) is 12.5 Å².